The number of ether oxygens (including phenoxy) is 2. The first-order valence-electron chi connectivity index (χ1n) is 8.50. The Kier molecular flexibility index (Phi) is 5.88. The predicted octanol–water partition coefficient (Wildman–Crippen LogP) is 1.85. The van der Waals surface area contributed by atoms with Gasteiger partial charge in [-0.05, 0) is 39.0 Å². The lowest BCUT2D eigenvalue weighted by molar-refractivity contribution is -0.131. The Morgan fingerprint density at radius 3 is 1.96 bits per heavy atom. The molecule has 1 unspecified atom stereocenters. The first kappa shape index (κ1) is 20.4. The van der Waals surface area contributed by atoms with Gasteiger partial charge in [0.2, 0.25) is 11.8 Å². The zero-order chi connectivity index (χ0) is 20.4. The quantitative estimate of drug-likeness (QED) is 0.805. The molecule has 146 valence electrons. The van der Waals surface area contributed by atoms with E-state index in [1.54, 1.807) is 4.90 Å². The van der Waals surface area contributed by atoms with Gasteiger partial charge in [0.1, 0.15) is 0 Å². The minimum Gasteiger partial charge on any atom is -0.465 e. The van der Waals surface area contributed by atoms with Crippen LogP contribution in [0.2, 0.25) is 0 Å². The number of hydrogen-bond acceptors (Lipinski definition) is 6. The van der Waals surface area contributed by atoms with Gasteiger partial charge in [0.25, 0.3) is 0 Å². The molecule has 1 aromatic rings. The maximum atomic E-state index is 12.6. The van der Waals surface area contributed by atoms with Gasteiger partial charge < -0.3 is 19.7 Å². The molecule has 1 aromatic carbocycles. The van der Waals surface area contributed by atoms with Crippen LogP contribution in [-0.4, -0.2) is 55.0 Å². The zero-order valence-electron chi connectivity index (χ0n) is 16.1. The lowest BCUT2D eigenvalue weighted by atomic mass is 10.1. The topological polar surface area (TPSA) is 102 Å². The minimum atomic E-state index is -0.647. The Labute approximate surface area is 157 Å². The molecule has 1 saturated heterocycles. The lowest BCUT2D eigenvalue weighted by Crippen LogP contribution is -2.42. The van der Waals surface area contributed by atoms with E-state index in [0.717, 1.165) is 0 Å². The molecule has 1 heterocycles. The number of methoxy groups -OCH3 is 2. The summed E-state index contributed by atoms with van der Waals surface area (Å²) in [6, 6.07) is 4.15. The van der Waals surface area contributed by atoms with Gasteiger partial charge in [0.15, 0.2) is 0 Å². The van der Waals surface area contributed by atoms with E-state index in [9.17, 15) is 19.2 Å². The van der Waals surface area contributed by atoms with Crippen molar-refractivity contribution in [3.8, 4) is 0 Å². The highest BCUT2D eigenvalue weighted by atomic mass is 16.5. The Balaban J connectivity index is 2.23. The summed E-state index contributed by atoms with van der Waals surface area (Å²) in [6.07, 6.45) is 0.115. The number of carbonyl (C=O) groups excluding carboxylic acids is 4. The highest BCUT2D eigenvalue weighted by Gasteiger charge is 2.39. The number of benzene rings is 1. The number of nitrogens with one attached hydrogen (secondary N) is 1. The van der Waals surface area contributed by atoms with Crippen molar-refractivity contribution >= 4 is 29.4 Å². The fraction of sp³-hybridized carbons (Fsp3) is 0.474. The van der Waals surface area contributed by atoms with Crippen molar-refractivity contribution in [1.29, 1.82) is 0 Å². The van der Waals surface area contributed by atoms with E-state index in [1.165, 1.54) is 32.4 Å². The Morgan fingerprint density at radius 2 is 1.56 bits per heavy atom. The SMILES string of the molecule is COC(=O)c1cc(NC(=O)C2CC(=O)N(C(C)(C)C)C2)cc(C(=O)OC)c1. The second-order valence-electron chi connectivity index (χ2n) is 7.35. The van der Waals surface area contributed by atoms with Crippen LogP contribution in [0, 0.1) is 5.92 Å². The summed E-state index contributed by atoms with van der Waals surface area (Å²) in [7, 11) is 2.44. The number of rotatable bonds is 4. The normalized spacial score (nSPS) is 16.9. The summed E-state index contributed by atoms with van der Waals surface area (Å²) in [5.41, 5.74) is 0.101. The van der Waals surface area contributed by atoms with Crippen LogP contribution in [-0.2, 0) is 19.1 Å². The van der Waals surface area contributed by atoms with Gasteiger partial charge in [-0.25, -0.2) is 9.59 Å². The van der Waals surface area contributed by atoms with Crippen LogP contribution in [0.25, 0.3) is 0 Å². The molecule has 1 aliphatic rings. The summed E-state index contributed by atoms with van der Waals surface area (Å²) in [5.74, 6) is -2.24. The van der Waals surface area contributed by atoms with Gasteiger partial charge in [-0.3, -0.25) is 9.59 Å². The van der Waals surface area contributed by atoms with Crippen LogP contribution >= 0.6 is 0 Å². The molecule has 8 heteroatoms. The van der Waals surface area contributed by atoms with Crippen molar-refractivity contribution in [2.45, 2.75) is 32.7 Å². The first-order chi connectivity index (χ1) is 12.6. The molecule has 2 amide bonds. The maximum Gasteiger partial charge on any atom is 0.337 e. The molecule has 1 atom stereocenters. The lowest BCUT2D eigenvalue weighted by Gasteiger charge is -2.31. The smallest absolute Gasteiger partial charge is 0.337 e. The molecule has 0 aromatic heterocycles. The van der Waals surface area contributed by atoms with E-state index in [2.05, 4.69) is 14.8 Å². The molecule has 0 radical (unpaired) electrons. The largest absolute Gasteiger partial charge is 0.465 e. The van der Waals surface area contributed by atoms with Crippen LogP contribution in [0.15, 0.2) is 18.2 Å². The third kappa shape index (κ3) is 4.64. The van der Waals surface area contributed by atoms with Crippen molar-refractivity contribution < 1.29 is 28.7 Å². The second-order valence-corrected chi connectivity index (χ2v) is 7.35. The number of nitrogens with zero attached hydrogens (tertiary/aromatic N) is 1. The summed E-state index contributed by atoms with van der Waals surface area (Å²) >= 11 is 0. The van der Waals surface area contributed by atoms with E-state index >= 15 is 0 Å². The standard InChI is InChI=1S/C19H24N2O6/c1-19(2,3)21-10-13(9-15(21)22)16(23)20-14-7-11(17(24)26-4)6-12(8-14)18(25)27-5/h6-8,13H,9-10H2,1-5H3,(H,20,23). The highest BCUT2D eigenvalue weighted by molar-refractivity contribution is 6.01. The molecule has 27 heavy (non-hydrogen) atoms. The highest BCUT2D eigenvalue weighted by Crippen LogP contribution is 2.27. The molecule has 0 bridgehead atoms. The van der Waals surface area contributed by atoms with Crippen molar-refractivity contribution in [3.05, 3.63) is 29.3 Å². The van der Waals surface area contributed by atoms with Crippen LogP contribution in [0.4, 0.5) is 5.69 Å². The number of likely N-dealkylation sites (tertiary alicyclic amines) is 1. The molecule has 8 nitrogen and oxygen atoms in total. The van der Waals surface area contributed by atoms with Crippen molar-refractivity contribution in [2.75, 3.05) is 26.1 Å². The van der Waals surface area contributed by atoms with Crippen LogP contribution in [0.5, 0.6) is 0 Å². The average molecular weight is 376 g/mol. The molecule has 0 saturated carbocycles. The van der Waals surface area contributed by atoms with E-state index in [0.29, 0.717) is 6.54 Å². The third-order valence-electron chi connectivity index (χ3n) is 4.35. The number of anilines is 1. The fourth-order valence-electron chi connectivity index (χ4n) is 2.95. The fourth-order valence-corrected chi connectivity index (χ4v) is 2.95. The summed E-state index contributed by atoms with van der Waals surface area (Å²) in [6.45, 7) is 6.05. The van der Waals surface area contributed by atoms with Gasteiger partial charge in [-0.2, -0.15) is 0 Å². The number of carbonyl (C=O) groups is 4. The second kappa shape index (κ2) is 7.77. The number of amides is 2. The predicted molar refractivity (Wildman–Crippen MR) is 97.3 cm³/mol. The van der Waals surface area contributed by atoms with Gasteiger partial charge in [0, 0.05) is 24.2 Å². The molecule has 0 aliphatic carbocycles. The maximum absolute atomic E-state index is 12.6. The van der Waals surface area contributed by atoms with Crippen molar-refractivity contribution in [2.24, 2.45) is 5.92 Å². The monoisotopic (exact) mass is 376 g/mol. The molecular weight excluding hydrogens is 352 g/mol. The molecular formula is C19H24N2O6. The van der Waals surface area contributed by atoms with Gasteiger partial charge in [-0.15, -0.1) is 0 Å². The van der Waals surface area contributed by atoms with Crippen LogP contribution < -0.4 is 5.32 Å². The van der Waals surface area contributed by atoms with E-state index < -0.39 is 17.9 Å². The van der Waals surface area contributed by atoms with E-state index in [1.807, 2.05) is 20.8 Å². The summed E-state index contributed by atoms with van der Waals surface area (Å²) < 4.78 is 9.35. The van der Waals surface area contributed by atoms with Gasteiger partial charge in [-0.1, -0.05) is 0 Å². The Bertz CT molecular complexity index is 747. The van der Waals surface area contributed by atoms with Crippen LogP contribution in [0.3, 0.4) is 0 Å². The summed E-state index contributed by atoms with van der Waals surface area (Å²) in [4.78, 5) is 50.1. The first-order valence-corrected chi connectivity index (χ1v) is 8.50. The number of hydrogen-bond donors (Lipinski definition) is 1. The van der Waals surface area contributed by atoms with Gasteiger partial charge >= 0.3 is 11.9 Å². The third-order valence-corrected chi connectivity index (χ3v) is 4.35. The molecule has 0 spiro atoms. The van der Waals surface area contributed by atoms with Crippen molar-refractivity contribution in [1.82, 2.24) is 4.90 Å². The van der Waals surface area contributed by atoms with Crippen molar-refractivity contribution in [3.63, 3.8) is 0 Å². The molecule has 1 fully saturated rings. The Hall–Kier alpha value is -2.90. The average Bonchev–Trinajstić information content (AvgIpc) is 3.02. The summed E-state index contributed by atoms with van der Waals surface area (Å²) in [5, 5.41) is 2.68. The van der Waals surface area contributed by atoms with E-state index in [4.69, 9.17) is 0 Å². The van der Waals surface area contributed by atoms with Gasteiger partial charge in [0.05, 0.1) is 31.3 Å². The zero-order valence-corrected chi connectivity index (χ0v) is 16.1. The molecule has 1 aliphatic heterocycles. The number of esters is 2. The Morgan fingerprint density at radius 1 is 1.04 bits per heavy atom. The van der Waals surface area contributed by atoms with Crippen LogP contribution in [0.1, 0.15) is 47.9 Å². The minimum absolute atomic E-state index is 0.0822. The molecule has 1 N–H and O–H groups in total. The van der Waals surface area contributed by atoms with E-state index in [-0.39, 0.29) is 40.6 Å². The molecule has 2 rings (SSSR count).